The molecular weight excluding hydrogens is 526 g/mol. The molecule has 1 amide bonds. The van der Waals surface area contributed by atoms with Gasteiger partial charge in [0.25, 0.3) is 0 Å². The molecule has 0 saturated carbocycles. The van der Waals surface area contributed by atoms with Gasteiger partial charge in [0.15, 0.2) is 5.96 Å². The number of nitrogens with zero attached hydrogens (tertiary/aromatic N) is 2. The number of aliphatic imine (C=N–C) groups is 1. The number of nitrogens with one attached hydrogen (secondary N) is 3. The number of hydrogen-bond acceptors (Lipinski definition) is 4. The normalized spacial score (nSPS) is 17.4. The van der Waals surface area contributed by atoms with E-state index in [9.17, 15) is 26.4 Å². The van der Waals surface area contributed by atoms with Gasteiger partial charge < -0.3 is 16.0 Å². The third kappa shape index (κ3) is 8.07. The van der Waals surface area contributed by atoms with Crippen molar-refractivity contribution in [3.8, 4) is 0 Å². The highest BCUT2D eigenvalue weighted by Crippen LogP contribution is 2.30. The average molecular weight is 557 g/mol. The van der Waals surface area contributed by atoms with Gasteiger partial charge in [0.05, 0.1) is 12.0 Å². The first-order valence-corrected chi connectivity index (χ1v) is 10.6. The maximum atomic E-state index is 12.6. The molecule has 29 heavy (non-hydrogen) atoms. The fourth-order valence-corrected chi connectivity index (χ4v) is 3.75. The van der Waals surface area contributed by atoms with Crippen LogP contribution < -0.4 is 16.0 Å². The molecule has 13 heteroatoms. The summed E-state index contributed by atoms with van der Waals surface area (Å²) in [7, 11) is -3.70. The molecule has 172 valence electrons. The molecule has 0 spiro atoms. The van der Waals surface area contributed by atoms with Gasteiger partial charge in [-0.2, -0.15) is 17.5 Å². The van der Waals surface area contributed by atoms with Crippen LogP contribution in [0.25, 0.3) is 0 Å². The number of guanidine groups is 1. The monoisotopic (exact) mass is 557 g/mol. The van der Waals surface area contributed by atoms with Gasteiger partial charge in [-0.3, -0.25) is 9.79 Å². The molecule has 0 unspecified atom stereocenters. The molecule has 1 fully saturated rings. The summed E-state index contributed by atoms with van der Waals surface area (Å²) >= 11 is 0. The topological polar surface area (TPSA) is 103 Å². The standard InChI is InChI=1S/C16H30F3N5O3S.HI/c1-5-21-14(23-11-15(2,3)13(25)20-4)22-10-12-6-8-24(9-7-12)28(26,27)16(17,18)19;/h12H,5-11H2,1-4H3,(H,20,25)(H2,21,22,23);1H. The number of halogens is 4. The van der Waals surface area contributed by atoms with E-state index in [-0.39, 0.29) is 55.4 Å². The van der Waals surface area contributed by atoms with E-state index >= 15 is 0 Å². The summed E-state index contributed by atoms with van der Waals surface area (Å²) in [6.45, 7) is 6.43. The lowest BCUT2D eigenvalue weighted by Crippen LogP contribution is -2.47. The highest BCUT2D eigenvalue weighted by Gasteiger charge is 2.50. The van der Waals surface area contributed by atoms with Crippen molar-refractivity contribution in [2.24, 2.45) is 16.3 Å². The smallest absolute Gasteiger partial charge is 0.359 e. The minimum Gasteiger partial charge on any atom is -0.359 e. The number of alkyl halides is 3. The molecule has 0 atom stereocenters. The second-order valence-electron chi connectivity index (χ2n) is 7.33. The Bertz CT molecular complexity index is 663. The molecule has 1 aliphatic heterocycles. The molecule has 0 aromatic rings. The van der Waals surface area contributed by atoms with Crippen LogP contribution in [0.4, 0.5) is 13.2 Å². The number of hydrogen-bond donors (Lipinski definition) is 3. The molecule has 8 nitrogen and oxygen atoms in total. The minimum absolute atomic E-state index is 0. The molecular formula is C16H31F3IN5O3S. The van der Waals surface area contributed by atoms with Crippen molar-refractivity contribution in [1.82, 2.24) is 20.3 Å². The van der Waals surface area contributed by atoms with Gasteiger partial charge in [-0.25, -0.2) is 8.42 Å². The fourth-order valence-electron chi connectivity index (χ4n) is 2.77. The summed E-state index contributed by atoms with van der Waals surface area (Å²) in [5.41, 5.74) is -5.95. The van der Waals surface area contributed by atoms with Crippen LogP contribution in [0.3, 0.4) is 0 Å². The Labute approximate surface area is 187 Å². The first-order valence-electron chi connectivity index (χ1n) is 9.16. The van der Waals surface area contributed by atoms with Crippen molar-refractivity contribution in [1.29, 1.82) is 0 Å². The summed E-state index contributed by atoms with van der Waals surface area (Å²) in [5.74, 6) is 0.394. The third-order valence-corrected chi connectivity index (χ3v) is 6.21. The van der Waals surface area contributed by atoms with E-state index in [0.717, 1.165) is 0 Å². The van der Waals surface area contributed by atoms with E-state index in [1.807, 2.05) is 6.92 Å². The Balaban J connectivity index is 0.00000784. The number of amides is 1. The number of carbonyl (C=O) groups is 1. The van der Waals surface area contributed by atoms with Crippen LogP contribution >= 0.6 is 24.0 Å². The molecule has 0 aromatic carbocycles. The average Bonchev–Trinajstić information content (AvgIpc) is 2.62. The van der Waals surface area contributed by atoms with E-state index in [2.05, 4.69) is 20.9 Å². The van der Waals surface area contributed by atoms with Gasteiger partial charge in [-0.1, -0.05) is 0 Å². The Morgan fingerprint density at radius 1 is 1.17 bits per heavy atom. The predicted molar refractivity (Wildman–Crippen MR) is 117 cm³/mol. The highest BCUT2D eigenvalue weighted by molar-refractivity contribution is 14.0. The Kier molecular flexibility index (Phi) is 11.2. The van der Waals surface area contributed by atoms with Gasteiger partial charge in [0.2, 0.25) is 5.91 Å². The van der Waals surface area contributed by atoms with Crippen LogP contribution in [0.1, 0.15) is 33.6 Å². The van der Waals surface area contributed by atoms with Crippen molar-refractivity contribution in [2.75, 3.05) is 39.8 Å². The van der Waals surface area contributed by atoms with Gasteiger partial charge in [-0.05, 0) is 39.5 Å². The highest BCUT2D eigenvalue weighted by atomic mass is 127. The SMILES string of the molecule is CCNC(=NCC(C)(C)C(=O)NC)NCC1CCN(S(=O)(=O)C(F)(F)F)CC1.I. The Morgan fingerprint density at radius 3 is 2.17 bits per heavy atom. The lowest BCUT2D eigenvalue weighted by atomic mass is 9.93. The zero-order valence-corrected chi connectivity index (χ0v) is 20.2. The summed E-state index contributed by atoms with van der Waals surface area (Å²) in [6, 6.07) is 0. The van der Waals surface area contributed by atoms with Crippen LogP contribution in [0, 0.1) is 11.3 Å². The number of sulfonamides is 1. The van der Waals surface area contributed by atoms with Gasteiger partial charge in [0.1, 0.15) is 0 Å². The number of piperidine rings is 1. The van der Waals surface area contributed by atoms with Gasteiger partial charge >= 0.3 is 15.5 Å². The Hall–Kier alpha value is -0.830. The zero-order chi connectivity index (χ0) is 21.6. The van der Waals surface area contributed by atoms with Crippen LogP contribution in [0.2, 0.25) is 0 Å². The van der Waals surface area contributed by atoms with Crippen molar-refractivity contribution in [3.05, 3.63) is 0 Å². The summed E-state index contributed by atoms with van der Waals surface area (Å²) in [6.07, 6.45) is 0.650. The van der Waals surface area contributed by atoms with E-state index in [1.165, 1.54) is 0 Å². The van der Waals surface area contributed by atoms with Crippen LogP contribution in [-0.4, -0.2) is 69.9 Å². The Morgan fingerprint density at radius 2 is 1.72 bits per heavy atom. The van der Waals surface area contributed by atoms with Crippen molar-refractivity contribution in [3.63, 3.8) is 0 Å². The summed E-state index contributed by atoms with van der Waals surface area (Å²) < 4.78 is 61.3. The largest absolute Gasteiger partial charge is 0.511 e. The molecule has 0 bridgehead atoms. The molecule has 1 heterocycles. The van der Waals surface area contributed by atoms with E-state index < -0.39 is 20.9 Å². The van der Waals surface area contributed by atoms with E-state index in [4.69, 9.17) is 0 Å². The first-order chi connectivity index (χ1) is 12.8. The first kappa shape index (κ1) is 28.2. The van der Waals surface area contributed by atoms with Crippen LogP contribution in [0.15, 0.2) is 4.99 Å². The van der Waals surface area contributed by atoms with Gasteiger partial charge in [-0.15, -0.1) is 24.0 Å². The summed E-state index contributed by atoms with van der Waals surface area (Å²) in [5, 5.41) is 8.77. The lowest BCUT2D eigenvalue weighted by Gasteiger charge is -2.31. The zero-order valence-electron chi connectivity index (χ0n) is 17.1. The quantitative estimate of drug-likeness (QED) is 0.250. The maximum absolute atomic E-state index is 12.6. The molecule has 3 N–H and O–H groups in total. The fraction of sp³-hybridized carbons (Fsp3) is 0.875. The van der Waals surface area contributed by atoms with Crippen molar-refractivity contribution < 1.29 is 26.4 Å². The third-order valence-electron chi connectivity index (χ3n) is 4.58. The van der Waals surface area contributed by atoms with Crippen molar-refractivity contribution in [2.45, 2.75) is 39.1 Å². The molecule has 0 aromatic heterocycles. The molecule has 0 aliphatic carbocycles. The van der Waals surface area contributed by atoms with Crippen LogP contribution in [-0.2, 0) is 14.8 Å². The second-order valence-corrected chi connectivity index (χ2v) is 9.26. The minimum atomic E-state index is -5.26. The molecule has 1 rings (SSSR count). The molecule has 1 saturated heterocycles. The van der Waals surface area contributed by atoms with Gasteiger partial charge in [0, 0.05) is 33.2 Å². The second kappa shape index (κ2) is 11.5. The summed E-state index contributed by atoms with van der Waals surface area (Å²) in [4.78, 5) is 16.2. The van der Waals surface area contributed by atoms with Crippen LogP contribution in [0.5, 0.6) is 0 Å². The van der Waals surface area contributed by atoms with E-state index in [1.54, 1.807) is 20.9 Å². The number of carbonyl (C=O) groups excluding carboxylic acids is 1. The maximum Gasteiger partial charge on any atom is 0.511 e. The van der Waals surface area contributed by atoms with E-state index in [0.29, 0.717) is 36.2 Å². The predicted octanol–water partition coefficient (Wildman–Crippen LogP) is 1.49. The molecule has 0 radical (unpaired) electrons. The van der Waals surface area contributed by atoms with Crippen molar-refractivity contribution >= 4 is 45.9 Å². The number of rotatable bonds is 7. The lowest BCUT2D eigenvalue weighted by molar-refractivity contribution is -0.128. The molecule has 1 aliphatic rings.